The van der Waals surface area contributed by atoms with Crippen molar-refractivity contribution in [1.82, 2.24) is 4.98 Å². The van der Waals surface area contributed by atoms with Crippen LogP contribution in [0, 0.1) is 10.1 Å². The van der Waals surface area contributed by atoms with Gasteiger partial charge in [0.1, 0.15) is 0 Å². The van der Waals surface area contributed by atoms with Crippen molar-refractivity contribution in [3.8, 4) is 5.88 Å². The Morgan fingerprint density at radius 2 is 2.11 bits per heavy atom. The largest absolute Gasteiger partial charge is 0.480 e. The van der Waals surface area contributed by atoms with Crippen LogP contribution in [0.4, 0.5) is 11.4 Å². The van der Waals surface area contributed by atoms with E-state index >= 15 is 0 Å². The van der Waals surface area contributed by atoms with Crippen LogP contribution in [0.5, 0.6) is 5.88 Å². The molecule has 0 bridgehead atoms. The minimum Gasteiger partial charge on any atom is -0.480 e. The fourth-order valence-corrected chi connectivity index (χ4v) is 1.72. The van der Waals surface area contributed by atoms with Crippen molar-refractivity contribution in [2.75, 3.05) is 12.4 Å². The minimum atomic E-state index is -0.391. The van der Waals surface area contributed by atoms with E-state index in [0.29, 0.717) is 23.7 Å². The van der Waals surface area contributed by atoms with Gasteiger partial charge in [0.15, 0.2) is 0 Å². The van der Waals surface area contributed by atoms with Crippen LogP contribution in [0.25, 0.3) is 0 Å². The first-order valence-electron chi connectivity index (χ1n) is 5.67. The molecular weight excluding hydrogens is 246 g/mol. The van der Waals surface area contributed by atoms with Gasteiger partial charge in [-0.25, -0.2) is 4.98 Å². The normalized spacial score (nSPS) is 9.95. The second-order valence-corrected chi connectivity index (χ2v) is 3.80. The summed E-state index contributed by atoms with van der Waals surface area (Å²) < 4.78 is 5.10. The van der Waals surface area contributed by atoms with E-state index in [9.17, 15) is 10.1 Å². The maximum absolute atomic E-state index is 10.9. The van der Waals surface area contributed by atoms with E-state index in [4.69, 9.17) is 4.74 Å². The molecule has 0 saturated heterocycles. The van der Waals surface area contributed by atoms with Crippen molar-refractivity contribution in [1.29, 1.82) is 0 Å². The number of hydrogen-bond donors (Lipinski definition) is 1. The van der Waals surface area contributed by atoms with Crippen molar-refractivity contribution >= 4 is 11.4 Å². The quantitative estimate of drug-likeness (QED) is 0.659. The number of benzene rings is 1. The van der Waals surface area contributed by atoms with Gasteiger partial charge < -0.3 is 10.1 Å². The summed E-state index contributed by atoms with van der Waals surface area (Å²) in [4.78, 5) is 14.6. The molecule has 0 aliphatic carbocycles. The third-order valence-corrected chi connectivity index (χ3v) is 2.62. The van der Waals surface area contributed by atoms with Crippen molar-refractivity contribution < 1.29 is 9.66 Å². The van der Waals surface area contributed by atoms with E-state index in [1.807, 2.05) is 0 Å². The SMILES string of the molecule is COc1ncccc1NCc1ccccc1[N+](=O)[O-]. The maximum Gasteiger partial charge on any atom is 0.274 e. The van der Waals surface area contributed by atoms with Gasteiger partial charge in [-0.2, -0.15) is 0 Å². The number of nitrogens with one attached hydrogen (secondary N) is 1. The third kappa shape index (κ3) is 2.98. The van der Waals surface area contributed by atoms with Crippen molar-refractivity contribution in [2.24, 2.45) is 0 Å². The maximum atomic E-state index is 10.9. The zero-order chi connectivity index (χ0) is 13.7. The summed E-state index contributed by atoms with van der Waals surface area (Å²) in [6, 6.07) is 10.2. The molecule has 2 aromatic rings. The first kappa shape index (κ1) is 12.8. The fourth-order valence-electron chi connectivity index (χ4n) is 1.72. The monoisotopic (exact) mass is 259 g/mol. The Kier molecular flexibility index (Phi) is 3.92. The summed E-state index contributed by atoms with van der Waals surface area (Å²) in [5.74, 6) is 0.459. The topological polar surface area (TPSA) is 77.3 Å². The molecule has 0 aliphatic rings. The second kappa shape index (κ2) is 5.81. The van der Waals surface area contributed by atoms with E-state index in [1.54, 1.807) is 36.5 Å². The number of ether oxygens (including phenoxy) is 1. The van der Waals surface area contributed by atoms with Crippen LogP contribution in [0.15, 0.2) is 42.6 Å². The first-order valence-corrected chi connectivity index (χ1v) is 5.67. The van der Waals surface area contributed by atoms with E-state index in [0.717, 1.165) is 0 Å². The summed E-state index contributed by atoms with van der Waals surface area (Å²) in [7, 11) is 1.53. The molecule has 1 aromatic carbocycles. The number of methoxy groups -OCH3 is 1. The van der Waals surface area contributed by atoms with E-state index in [-0.39, 0.29) is 5.69 Å². The summed E-state index contributed by atoms with van der Waals surface area (Å²) in [5.41, 5.74) is 1.40. The Bertz CT molecular complexity index is 587. The van der Waals surface area contributed by atoms with E-state index < -0.39 is 4.92 Å². The lowest BCUT2D eigenvalue weighted by Gasteiger charge is -2.09. The number of aromatic nitrogens is 1. The molecule has 6 nitrogen and oxygen atoms in total. The Morgan fingerprint density at radius 3 is 2.84 bits per heavy atom. The number of nitro groups is 1. The molecule has 0 fully saturated rings. The number of nitrogens with zero attached hydrogens (tertiary/aromatic N) is 2. The molecule has 0 aliphatic heterocycles. The van der Waals surface area contributed by atoms with Gasteiger partial charge in [0.25, 0.3) is 5.69 Å². The predicted octanol–water partition coefficient (Wildman–Crippen LogP) is 2.61. The minimum absolute atomic E-state index is 0.0952. The van der Waals surface area contributed by atoms with Gasteiger partial charge in [0.2, 0.25) is 5.88 Å². The molecule has 1 heterocycles. The van der Waals surface area contributed by atoms with Crippen LogP contribution >= 0.6 is 0 Å². The zero-order valence-corrected chi connectivity index (χ0v) is 10.4. The average Bonchev–Trinajstić information content (AvgIpc) is 2.45. The Labute approximate surface area is 110 Å². The second-order valence-electron chi connectivity index (χ2n) is 3.80. The molecule has 1 N–H and O–H groups in total. The van der Waals surface area contributed by atoms with Crippen LogP contribution in [0.1, 0.15) is 5.56 Å². The summed E-state index contributed by atoms with van der Waals surface area (Å²) in [5, 5.41) is 14.0. The highest BCUT2D eigenvalue weighted by molar-refractivity contribution is 5.53. The predicted molar refractivity (Wildman–Crippen MR) is 71.2 cm³/mol. The average molecular weight is 259 g/mol. The Hall–Kier alpha value is -2.63. The molecule has 0 saturated carbocycles. The molecule has 1 aromatic heterocycles. The van der Waals surface area contributed by atoms with Crippen LogP contribution in [0.2, 0.25) is 0 Å². The van der Waals surface area contributed by atoms with Crippen LogP contribution in [-0.4, -0.2) is 17.0 Å². The van der Waals surface area contributed by atoms with Gasteiger partial charge in [-0.05, 0) is 12.1 Å². The first-order chi connectivity index (χ1) is 9.22. The highest BCUT2D eigenvalue weighted by Gasteiger charge is 2.12. The van der Waals surface area contributed by atoms with Gasteiger partial charge in [-0.3, -0.25) is 10.1 Å². The lowest BCUT2D eigenvalue weighted by molar-refractivity contribution is -0.385. The summed E-state index contributed by atoms with van der Waals surface area (Å²) in [6.07, 6.45) is 1.62. The number of rotatable bonds is 5. The summed E-state index contributed by atoms with van der Waals surface area (Å²) >= 11 is 0. The Morgan fingerprint density at radius 1 is 1.32 bits per heavy atom. The van der Waals surface area contributed by atoms with Crippen LogP contribution < -0.4 is 10.1 Å². The molecule has 19 heavy (non-hydrogen) atoms. The summed E-state index contributed by atoms with van der Waals surface area (Å²) in [6.45, 7) is 0.333. The lowest BCUT2D eigenvalue weighted by atomic mass is 10.2. The standard InChI is InChI=1S/C13H13N3O3/c1-19-13-11(6-4-8-14-13)15-9-10-5-2-3-7-12(10)16(17)18/h2-8,15H,9H2,1H3. The number of hydrogen-bond acceptors (Lipinski definition) is 5. The molecule has 0 spiro atoms. The van der Waals surface area contributed by atoms with Crippen molar-refractivity contribution in [3.05, 3.63) is 58.3 Å². The fraction of sp³-hybridized carbons (Fsp3) is 0.154. The van der Waals surface area contributed by atoms with Gasteiger partial charge >= 0.3 is 0 Å². The smallest absolute Gasteiger partial charge is 0.274 e. The number of para-hydroxylation sites is 1. The molecule has 0 atom stereocenters. The lowest BCUT2D eigenvalue weighted by Crippen LogP contribution is -2.04. The third-order valence-electron chi connectivity index (χ3n) is 2.62. The highest BCUT2D eigenvalue weighted by atomic mass is 16.6. The zero-order valence-electron chi connectivity index (χ0n) is 10.4. The molecule has 0 unspecified atom stereocenters. The molecule has 0 amide bonds. The number of anilines is 1. The van der Waals surface area contributed by atoms with Crippen LogP contribution in [0.3, 0.4) is 0 Å². The van der Waals surface area contributed by atoms with E-state index in [1.165, 1.54) is 13.2 Å². The molecular formula is C13H13N3O3. The van der Waals surface area contributed by atoms with Gasteiger partial charge in [0.05, 0.1) is 17.7 Å². The molecule has 2 rings (SSSR count). The van der Waals surface area contributed by atoms with Gasteiger partial charge in [-0.1, -0.05) is 18.2 Å². The Balaban J connectivity index is 2.17. The van der Waals surface area contributed by atoms with Crippen LogP contribution in [-0.2, 0) is 6.54 Å². The van der Waals surface area contributed by atoms with Crippen molar-refractivity contribution in [2.45, 2.75) is 6.54 Å². The molecule has 6 heteroatoms. The van der Waals surface area contributed by atoms with Gasteiger partial charge in [-0.15, -0.1) is 0 Å². The highest BCUT2D eigenvalue weighted by Crippen LogP contribution is 2.23. The van der Waals surface area contributed by atoms with Crippen molar-refractivity contribution in [3.63, 3.8) is 0 Å². The van der Waals surface area contributed by atoms with E-state index in [2.05, 4.69) is 10.3 Å². The number of nitro benzene ring substituents is 1. The van der Waals surface area contributed by atoms with Gasteiger partial charge in [0, 0.05) is 24.4 Å². The number of pyridine rings is 1. The molecule has 98 valence electrons. The molecule has 0 radical (unpaired) electrons.